The third-order valence-electron chi connectivity index (χ3n) is 8.32. The number of carbonyl (C=O) groups excluding carboxylic acids is 2. The lowest BCUT2D eigenvalue weighted by molar-refractivity contribution is -0.126. The Balaban J connectivity index is 1.47. The number of pyridine rings is 1. The van der Waals surface area contributed by atoms with E-state index in [-0.39, 0.29) is 17.9 Å². The molecule has 0 aliphatic carbocycles. The van der Waals surface area contributed by atoms with Gasteiger partial charge in [0.15, 0.2) is 0 Å². The molecule has 41 heavy (non-hydrogen) atoms. The second kappa shape index (κ2) is 12.3. The molecule has 2 aliphatic rings. The predicted octanol–water partition coefficient (Wildman–Crippen LogP) is 4.01. The summed E-state index contributed by atoms with van der Waals surface area (Å²) in [5, 5.41) is 5.67. The van der Waals surface area contributed by atoms with Gasteiger partial charge in [0, 0.05) is 61.1 Å². The largest absolute Gasteiger partial charge is 0.368 e. The number of amides is 2. The molecule has 1 saturated heterocycles. The number of nitrogens with zero attached hydrogens (tertiary/aromatic N) is 5. The molecule has 1 fully saturated rings. The Morgan fingerprint density at radius 2 is 1.78 bits per heavy atom. The van der Waals surface area contributed by atoms with Crippen molar-refractivity contribution in [2.24, 2.45) is 0 Å². The second-order valence-corrected chi connectivity index (χ2v) is 11.6. The molecule has 1 aromatic heterocycles. The van der Waals surface area contributed by atoms with Crippen molar-refractivity contribution in [1.29, 1.82) is 0 Å². The molecule has 2 aliphatic heterocycles. The quantitative estimate of drug-likeness (QED) is 0.425. The minimum absolute atomic E-state index is 0.0331. The zero-order valence-corrected chi connectivity index (χ0v) is 24.8. The highest BCUT2D eigenvalue weighted by Gasteiger charge is 2.29. The van der Waals surface area contributed by atoms with Gasteiger partial charge in [-0.25, -0.2) is 4.98 Å². The lowest BCUT2D eigenvalue weighted by Crippen LogP contribution is -2.49. The number of hydrogen-bond acceptors (Lipinski definition) is 6. The van der Waals surface area contributed by atoms with E-state index in [0.29, 0.717) is 38.4 Å². The standard InChI is InChI=1S/C33H42N6O2/c1-6-31(40)38-19-17-37(18-20-38)30-21-27(33(41)34-24(3)13-15-36(4)5)35-28-22-39(16-14-26(28)30)29-12-8-11-25-10-7-9-23(2)32(25)29/h6-12,21,24H,1,13-20,22H2,2-5H3,(H,34,41)/t24-/m1/s1. The highest BCUT2D eigenvalue weighted by atomic mass is 16.2. The molecule has 5 rings (SSSR count). The van der Waals surface area contributed by atoms with Crippen LogP contribution in [-0.2, 0) is 17.8 Å². The highest BCUT2D eigenvalue weighted by molar-refractivity contribution is 5.97. The van der Waals surface area contributed by atoms with Crippen molar-refractivity contribution in [2.75, 3.05) is 63.2 Å². The fourth-order valence-electron chi connectivity index (χ4n) is 6.01. The number of carbonyl (C=O) groups is 2. The molecule has 3 heterocycles. The number of anilines is 2. The van der Waals surface area contributed by atoms with Gasteiger partial charge in [0.1, 0.15) is 5.69 Å². The van der Waals surface area contributed by atoms with E-state index in [1.165, 1.54) is 33.7 Å². The summed E-state index contributed by atoms with van der Waals surface area (Å²) in [6.45, 7) is 12.9. The fourth-order valence-corrected chi connectivity index (χ4v) is 6.01. The molecule has 0 saturated carbocycles. The Kier molecular flexibility index (Phi) is 8.59. The van der Waals surface area contributed by atoms with Crippen LogP contribution in [0.3, 0.4) is 0 Å². The van der Waals surface area contributed by atoms with Gasteiger partial charge in [0.05, 0.1) is 12.2 Å². The van der Waals surface area contributed by atoms with Gasteiger partial charge in [0.25, 0.3) is 5.91 Å². The fraction of sp³-hybridized carbons (Fsp3) is 0.424. The van der Waals surface area contributed by atoms with Crippen LogP contribution >= 0.6 is 0 Å². The zero-order valence-electron chi connectivity index (χ0n) is 24.8. The summed E-state index contributed by atoms with van der Waals surface area (Å²) in [5.41, 5.74) is 6.15. The van der Waals surface area contributed by atoms with E-state index in [1.807, 2.05) is 32.0 Å². The normalized spacial score (nSPS) is 16.1. The van der Waals surface area contributed by atoms with Crippen LogP contribution in [-0.4, -0.2) is 86.0 Å². The Bertz CT molecular complexity index is 1440. The first-order valence-corrected chi connectivity index (χ1v) is 14.6. The minimum Gasteiger partial charge on any atom is -0.368 e. The molecule has 0 radical (unpaired) electrons. The van der Waals surface area contributed by atoms with Gasteiger partial charge < -0.3 is 24.9 Å². The van der Waals surface area contributed by atoms with E-state index in [1.54, 1.807) is 0 Å². The van der Waals surface area contributed by atoms with Gasteiger partial charge in [-0.05, 0) is 76.5 Å². The van der Waals surface area contributed by atoms with Crippen LogP contribution in [0.1, 0.15) is 40.7 Å². The number of piperazine rings is 1. The molecule has 2 aromatic carbocycles. The topological polar surface area (TPSA) is 72.0 Å². The molecule has 216 valence electrons. The molecule has 1 N–H and O–H groups in total. The van der Waals surface area contributed by atoms with Crippen molar-refractivity contribution in [3.8, 4) is 0 Å². The molecular weight excluding hydrogens is 512 g/mol. The van der Waals surface area contributed by atoms with E-state index >= 15 is 0 Å². The summed E-state index contributed by atoms with van der Waals surface area (Å²) in [7, 11) is 4.08. The van der Waals surface area contributed by atoms with Gasteiger partial charge in [-0.3, -0.25) is 9.59 Å². The molecular formula is C33H42N6O2. The first-order chi connectivity index (χ1) is 19.7. The number of benzene rings is 2. The number of fused-ring (bicyclic) bond motifs is 2. The molecule has 2 amide bonds. The number of aromatic nitrogens is 1. The summed E-state index contributed by atoms with van der Waals surface area (Å²) in [6, 6.07) is 14.9. The number of hydrogen-bond donors (Lipinski definition) is 1. The molecule has 0 unspecified atom stereocenters. The summed E-state index contributed by atoms with van der Waals surface area (Å²) in [6.07, 6.45) is 3.09. The second-order valence-electron chi connectivity index (χ2n) is 11.6. The van der Waals surface area contributed by atoms with Crippen molar-refractivity contribution in [1.82, 2.24) is 20.1 Å². The summed E-state index contributed by atoms with van der Waals surface area (Å²) in [5.74, 6) is -0.173. The number of nitrogens with one attached hydrogen (secondary N) is 1. The van der Waals surface area contributed by atoms with Crippen molar-refractivity contribution >= 4 is 34.0 Å². The maximum Gasteiger partial charge on any atom is 0.270 e. The van der Waals surface area contributed by atoms with E-state index in [2.05, 4.69) is 69.9 Å². The first-order valence-electron chi connectivity index (χ1n) is 14.6. The highest BCUT2D eigenvalue weighted by Crippen LogP contribution is 2.35. The molecule has 8 heteroatoms. The third-order valence-corrected chi connectivity index (χ3v) is 8.32. The van der Waals surface area contributed by atoms with Gasteiger partial charge in [-0.15, -0.1) is 0 Å². The first kappa shape index (κ1) is 28.6. The molecule has 1 atom stereocenters. The van der Waals surface area contributed by atoms with Gasteiger partial charge in [-0.1, -0.05) is 36.9 Å². The SMILES string of the molecule is C=CC(=O)N1CCN(c2cc(C(=O)N[C@H](C)CCN(C)C)nc3c2CCN(c2cccc4cccc(C)c24)C3)CC1. The maximum atomic E-state index is 13.5. The van der Waals surface area contributed by atoms with Gasteiger partial charge >= 0.3 is 0 Å². The van der Waals surface area contributed by atoms with Crippen molar-refractivity contribution in [2.45, 2.75) is 39.3 Å². The zero-order chi connectivity index (χ0) is 29.1. The minimum atomic E-state index is -0.140. The Morgan fingerprint density at radius 1 is 1.05 bits per heavy atom. The summed E-state index contributed by atoms with van der Waals surface area (Å²) < 4.78 is 0. The van der Waals surface area contributed by atoms with Gasteiger partial charge in [-0.2, -0.15) is 0 Å². The molecule has 8 nitrogen and oxygen atoms in total. The predicted molar refractivity (Wildman–Crippen MR) is 167 cm³/mol. The Labute approximate surface area is 243 Å². The van der Waals surface area contributed by atoms with Crippen molar-refractivity contribution in [3.63, 3.8) is 0 Å². The summed E-state index contributed by atoms with van der Waals surface area (Å²) >= 11 is 0. The van der Waals surface area contributed by atoms with E-state index in [4.69, 9.17) is 4.98 Å². The van der Waals surface area contributed by atoms with Crippen LogP contribution < -0.4 is 15.1 Å². The third kappa shape index (κ3) is 6.22. The van der Waals surface area contributed by atoms with E-state index in [0.717, 1.165) is 37.3 Å². The number of rotatable bonds is 8. The van der Waals surface area contributed by atoms with E-state index in [9.17, 15) is 9.59 Å². The van der Waals surface area contributed by atoms with Gasteiger partial charge in [0.2, 0.25) is 5.91 Å². The average molecular weight is 555 g/mol. The Morgan fingerprint density at radius 3 is 2.49 bits per heavy atom. The van der Waals surface area contributed by atoms with Crippen LogP contribution in [0.15, 0.2) is 55.1 Å². The molecule has 0 bridgehead atoms. The summed E-state index contributed by atoms with van der Waals surface area (Å²) in [4.78, 5) is 39.3. The monoisotopic (exact) mass is 554 g/mol. The smallest absolute Gasteiger partial charge is 0.270 e. The van der Waals surface area contributed by atoms with Crippen LogP contribution in [0.2, 0.25) is 0 Å². The lowest BCUT2D eigenvalue weighted by Gasteiger charge is -2.39. The average Bonchev–Trinajstić information content (AvgIpc) is 2.98. The molecule has 3 aromatic rings. The maximum absolute atomic E-state index is 13.5. The van der Waals surface area contributed by atoms with Crippen LogP contribution in [0.25, 0.3) is 10.8 Å². The molecule has 0 spiro atoms. The number of aryl methyl sites for hydroxylation is 1. The van der Waals surface area contributed by atoms with Crippen LogP contribution in [0.5, 0.6) is 0 Å². The van der Waals surface area contributed by atoms with Crippen molar-refractivity contribution < 1.29 is 9.59 Å². The van der Waals surface area contributed by atoms with Crippen LogP contribution in [0.4, 0.5) is 11.4 Å². The van der Waals surface area contributed by atoms with Crippen molar-refractivity contribution in [3.05, 3.63) is 77.6 Å². The van der Waals surface area contributed by atoms with Crippen LogP contribution in [0, 0.1) is 6.92 Å². The van der Waals surface area contributed by atoms with E-state index < -0.39 is 0 Å². The lowest BCUT2D eigenvalue weighted by atomic mass is 9.97. The Hall–Kier alpha value is -3.91.